The fourth-order valence-corrected chi connectivity index (χ4v) is 2.17. The van der Waals surface area contributed by atoms with E-state index in [4.69, 9.17) is 11.6 Å². The zero-order valence-electron chi connectivity index (χ0n) is 10.5. The third-order valence-electron chi connectivity index (χ3n) is 2.63. The second-order valence-corrected chi connectivity index (χ2v) is 5.29. The van der Waals surface area contributed by atoms with E-state index < -0.39 is 4.92 Å². The lowest BCUT2D eigenvalue weighted by atomic mass is 10.2. The minimum absolute atomic E-state index is 0.0207. The van der Waals surface area contributed by atoms with Crippen molar-refractivity contribution in [3.8, 4) is 0 Å². The largest absolute Gasteiger partial charge is 0.388 e. The molecule has 0 radical (unpaired) electrons. The molecule has 0 spiro atoms. The van der Waals surface area contributed by atoms with Crippen molar-refractivity contribution >= 4 is 50.3 Å². The lowest BCUT2D eigenvalue weighted by Crippen LogP contribution is -1.96. The Morgan fingerprint density at radius 3 is 2.45 bits per heavy atom. The van der Waals surface area contributed by atoms with Gasteiger partial charge >= 0.3 is 0 Å². The molecule has 0 fully saturated rings. The van der Waals surface area contributed by atoms with Gasteiger partial charge < -0.3 is 10.6 Å². The summed E-state index contributed by atoms with van der Waals surface area (Å²) in [4.78, 5) is 10.5. The molecule has 0 saturated carbocycles. The molecule has 0 atom stereocenters. The van der Waals surface area contributed by atoms with Gasteiger partial charge in [-0.05, 0) is 40.2 Å². The Balaban J connectivity index is 2.34. The normalized spacial score (nSPS) is 10.2. The summed E-state index contributed by atoms with van der Waals surface area (Å²) in [5.74, 6) is 0. The number of hydrogen-bond donors (Lipinski definition) is 2. The Morgan fingerprint density at radius 2 is 1.85 bits per heavy atom. The Bertz CT molecular complexity index is 664. The standard InChI is InChI=1S/C13H11BrClN3O2/c1-16-9-4-10(6-11(5-9)18(19)20)17-8-2-3-13(15)12(14)7-8/h2-7,16-17H,1H3. The maximum absolute atomic E-state index is 10.9. The lowest BCUT2D eigenvalue weighted by molar-refractivity contribution is -0.384. The fourth-order valence-electron chi connectivity index (χ4n) is 1.67. The van der Waals surface area contributed by atoms with Gasteiger partial charge in [0.1, 0.15) is 0 Å². The molecule has 2 aromatic rings. The third-order valence-corrected chi connectivity index (χ3v) is 3.84. The SMILES string of the molecule is CNc1cc(Nc2ccc(Cl)c(Br)c2)cc([N+](=O)[O-])c1. The van der Waals surface area contributed by atoms with Crippen molar-refractivity contribution in [1.29, 1.82) is 0 Å². The van der Waals surface area contributed by atoms with Gasteiger partial charge in [0.05, 0.1) is 9.95 Å². The minimum atomic E-state index is -0.427. The van der Waals surface area contributed by atoms with E-state index in [0.29, 0.717) is 16.4 Å². The van der Waals surface area contributed by atoms with Gasteiger partial charge in [0.2, 0.25) is 0 Å². The van der Waals surface area contributed by atoms with Crippen molar-refractivity contribution in [3.63, 3.8) is 0 Å². The predicted octanol–water partition coefficient (Wildman–Crippen LogP) is 4.80. The van der Waals surface area contributed by atoms with Gasteiger partial charge in [-0.2, -0.15) is 0 Å². The summed E-state index contributed by atoms with van der Waals surface area (Å²) in [7, 11) is 1.71. The van der Waals surface area contributed by atoms with Gasteiger partial charge in [-0.1, -0.05) is 11.6 Å². The highest BCUT2D eigenvalue weighted by molar-refractivity contribution is 9.10. The average molecular weight is 357 g/mol. The number of benzene rings is 2. The zero-order chi connectivity index (χ0) is 14.7. The molecule has 2 N–H and O–H groups in total. The summed E-state index contributed by atoms with van der Waals surface area (Å²) in [5.41, 5.74) is 2.09. The Labute approximate surface area is 129 Å². The number of rotatable bonds is 4. The van der Waals surface area contributed by atoms with Crippen molar-refractivity contribution in [2.24, 2.45) is 0 Å². The second kappa shape index (κ2) is 6.11. The first-order valence-corrected chi connectivity index (χ1v) is 6.86. The van der Waals surface area contributed by atoms with Crippen molar-refractivity contribution in [1.82, 2.24) is 0 Å². The summed E-state index contributed by atoms with van der Waals surface area (Å²) >= 11 is 9.26. The van der Waals surface area contributed by atoms with Crippen LogP contribution in [0.4, 0.5) is 22.7 Å². The molecular formula is C13H11BrClN3O2. The zero-order valence-corrected chi connectivity index (χ0v) is 12.8. The van der Waals surface area contributed by atoms with Gasteiger partial charge in [0.15, 0.2) is 0 Å². The molecule has 0 heterocycles. The van der Waals surface area contributed by atoms with E-state index in [9.17, 15) is 10.1 Å². The van der Waals surface area contributed by atoms with Crippen LogP contribution in [0.1, 0.15) is 0 Å². The molecule has 0 saturated heterocycles. The van der Waals surface area contributed by atoms with Crippen LogP contribution < -0.4 is 10.6 Å². The topological polar surface area (TPSA) is 67.2 Å². The first-order valence-electron chi connectivity index (χ1n) is 5.69. The van der Waals surface area contributed by atoms with Crippen LogP contribution in [0, 0.1) is 10.1 Å². The van der Waals surface area contributed by atoms with Gasteiger partial charge in [0.25, 0.3) is 5.69 Å². The highest BCUT2D eigenvalue weighted by Gasteiger charge is 2.09. The van der Waals surface area contributed by atoms with E-state index in [1.54, 1.807) is 31.3 Å². The predicted molar refractivity (Wildman–Crippen MR) is 85.1 cm³/mol. The number of nitro benzene ring substituents is 1. The summed E-state index contributed by atoms with van der Waals surface area (Å²) in [6.07, 6.45) is 0. The first-order chi connectivity index (χ1) is 9.49. The molecule has 0 aromatic heterocycles. The van der Waals surface area contributed by atoms with Gasteiger partial charge in [-0.3, -0.25) is 10.1 Å². The van der Waals surface area contributed by atoms with Crippen LogP contribution in [0.2, 0.25) is 5.02 Å². The van der Waals surface area contributed by atoms with Crippen molar-refractivity contribution in [2.75, 3.05) is 17.7 Å². The van der Waals surface area contributed by atoms with Crippen molar-refractivity contribution in [3.05, 3.63) is 56.0 Å². The summed E-state index contributed by atoms with van der Waals surface area (Å²) in [6, 6.07) is 10.1. The van der Waals surface area contributed by atoms with Gasteiger partial charge in [-0.15, -0.1) is 0 Å². The number of nitrogens with zero attached hydrogens (tertiary/aromatic N) is 1. The van der Waals surface area contributed by atoms with Crippen LogP contribution in [0.15, 0.2) is 40.9 Å². The summed E-state index contributed by atoms with van der Waals surface area (Å²) in [6.45, 7) is 0. The summed E-state index contributed by atoms with van der Waals surface area (Å²) in [5, 5.41) is 17.5. The highest BCUT2D eigenvalue weighted by atomic mass is 79.9. The minimum Gasteiger partial charge on any atom is -0.388 e. The molecule has 104 valence electrons. The number of nitrogens with one attached hydrogen (secondary N) is 2. The van der Waals surface area contributed by atoms with Crippen LogP contribution in [-0.4, -0.2) is 12.0 Å². The molecule has 2 rings (SSSR count). The monoisotopic (exact) mass is 355 g/mol. The molecule has 5 nitrogen and oxygen atoms in total. The van der Waals surface area contributed by atoms with Crippen LogP contribution in [0.3, 0.4) is 0 Å². The molecule has 0 aliphatic heterocycles. The third kappa shape index (κ3) is 3.40. The molecule has 0 aliphatic carbocycles. The molecule has 0 bridgehead atoms. The molecule has 0 amide bonds. The molecule has 20 heavy (non-hydrogen) atoms. The van der Waals surface area contributed by atoms with Crippen LogP contribution in [0.5, 0.6) is 0 Å². The molecule has 0 unspecified atom stereocenters. The Morgan fingerprint density at radius 1 is 1.15 bits per heavy atom. The molecular weight excluding hydrogens is 346 g/mol. The van der Waals surface area contributed by atoms with Crippen molar-refractivity contribution < 1.29 is 4.92 Å². The Kier molecular flexibility index (Phi) is 4.46. The van der Waals surface area contributed by atoms with Crippen LogP contribution >= 0.6 is 27.5 Å². The van der Waals surface area contributed by atoms with E-state index >= 15 is 0 Å². The van der Waals surface area contributed by atoms with E-state index in [0.717, 1.165) is 10.2 Å². The number of anilines is 3. The van der Waals surface area contributed by atoms with E-state index in [1.165, 1.54) is 12.1 Å². The van der Waals surface area contributed by atoms with Crippen LogP contribution in [0.25, 0.3) is 0 Å². The lowest BCUT2D eigenvalue weighted by Gasteiger charge is -2.09. The van der Waals surface area contributed by atoms with Crippen LogP contribution in [-0.2, 0) is 0 Å². The van der Waals surface area contributed by atoms with Crippen molar-refractivity contribution in [2.45, 2.75) is 0 Å². The van der Waals surface area contributed by atoms with Gasteiger partial charge in [0, 0.05) is 40.7 Å². The number of non-ortho nitro benzene ring substituents is 1. The summed E-state index contributed by atoms with van der Waals surface area (Å²) < 4.78 is 0.753. The highest BCUT2D eigenvalue weighted by Crippen LogP contribution is 2.30. The maximum Gasteiger partial charge on any atom is 0.273 e. The first kappa shape index (κ1) is 14.6. The molecule has 2 aromatic carbocycles. The second-order valence-electron chi connectivity index (χ2n) is 4.03. The quantitative estimate of drug-likeness (QED) is 0.610. The maximum atomic E-state index is 10.9. The number of nitro groups is 1. The Hall–Kier alpha value is -1.79. The molecule has 0 aliphatic rings. The number of halogens is 2. The van der Waals surface area contributed by atoms with E-state index in [-0.39, 0.29) is 5.69 Å². The smallest absolute Gasteiger partial charge is 0.273 e. The average Bonchev–Trinajstić information content (AvgIpc) is 2.42. The number of hydrogen-bond acceptors (Lipinski definition) is 4. The van der Waals surface area contributed by atoms with Gasteiger partial charge in [-0.25, -0.2) is 0 Å². The fraction of sp³-hybridized carbons (Fsp3) is 0.0769. The van der Waals surface area contributed by atoms with E-state index in [2.05, 4.69) is 26.6 Å². The molecule has 7 heteroatoms. The van der Waals surface area contributed by atoms with E-state index in [1.807, 2.05) is 0 Å².